The van der Waals surface area contributed by atoms with E-state index in [1.807, 2.05) is 13.0 Å². The number of nitrogens with one attached hydrogen (secondary N) is 1. The normalized spacial score (nSPS) is 18.4. The second-order valence-electron chi connectivity index (χ2n) is 10.2. The lowest BCUT2D eigenvalue weighted by atomic mass is 10.0. The lowest BCUT2D eigenvalue weighted by Gasteiger charge is -2.39. The van der Waals surface area contributed by atoms with Gasteiger partial charge in [-0.05, 0) is 55.5 Å². The van der Waals surface area contributed by atoms with Crippen LogP contribution in [0.3, 0.4) is 0 Å². The number of hydrogen-bond donors (Lipinski definition) is 1. The predicted molar refractivity (Wildman–Crippen MR) is 149 cm³/mol. The van der Waals surface area contributed by atoms with Gasteiger partial charge in [-0.3, -0.25) is 14.5 Å². The molecule has 9 heteroatoms. The Kier molecular flexibility index (Phi) is 9.26. The number of nitrogens with zero attached hydrogens (tertiary/aromatic N) is 4. The Hall–Kier alpha value is -3.12. The first-order chi connectivity index (χ1) is 18.2. The van der Waals surface area contributed by atoms with Gasteiger partial charge in [-0.25, -0.2) is 4.98 Å². The highest BCUT2D eigenvalue weighted by Gasteiger charge is 2.37. The fourth-order valence-electron chi connectivity index (χ4n) is 5.24. The van der Waals surface area contributed by atoms with Crippen molar-refractivity contribution in [2.45, 2.75) is 51.2 Å². The Morgan fingerprint density at radius 2 is 2.00 bits per heavy atom. The zero-order chi connectivity index (χ0) is 27.2. The first-order valence-corrected chi connectivity index (χ1v) is 13.4. The van der Waals surface area contributed by atoms with Crippen molar-refractivity contribution in [3.8, 4) is 12.3 Å². The van der Waals surface area contributed by atoms with E-state index in [1.165, 1.54) is 10.5 Å². The van der Waals surface area contributed by atoms with Gasteiger partial charge in [-0.15, -0.1) is 6.42 Å². The molecular weight excluding hydrogens is 502 g/mol. The lowest BCUT2D eigenvalue weighted by molar-refractivity contribution is -0.133. The van der Waals surface area contributed by atoms with Crippen molar-refractivity contribution in [2.75, 3.05) is 45.8 Å². The van der Waals surface area contributed by atoms with E-state index in [9.17, 15) is 9.59 Å². The first kappa shape index (κ1) is 27.9. The van der Waals surface area contributed by atoms with Crippen LogP contribution in [0.5, 0.6) is 0 Å². The number of carbonyl (C=O) groups excluding carboxylic acids is 2. The SMILES string of the molecule is C#Cc1cc(C(=O)N(C)C)cc(NCOCC2CCC(=O)N2C2CCN(Cc3ccc(Cl)c(C)c3)CC2)n1. The van der Waals surface area contributed by atoms with Crippen LogP contribution in [-0.2, 0) is 16.1 Å². The van der Waals surface area contributed by atoms with E-state index in [0.717, 1.165) is 49.5 Å². The summed E-state index contributed by atoms with van der Waals surface area (Å²) >= 11 is 6.17. The summed E-state index contributed by atoms with van der Waals surface area (Å²) in [6.07, 6.45) is 8.79. The Balaban J connectivity index is 1.27. The van der Waals surface area contributed by atoms with Gasteiger partial charge in [0.15, 0.2) is 0 Å². The minimum absolute atomic E-state index is 0.0654. The minimum Gasteiger partial charge on any atom is -0.359 e. The van der Waals surface area contributed by atoms with E-state index in [4.69, 9.17) is 22.8 Å². The molecule has 38 heavy (non-hydrogen) atoms. The summed E-state index contributed by atoms with van der Waals surface area (Å²) < 4.78 is 5.92. The van der Waals surface area contributed by atoms with Gasteiger partial charge in [-0.2, -0.15) is 0 Å². The zero-order valence-electron chi connectivity index (χ0n) is 22.4. The molecule has 1 aromatic carbocycles. The molecule has 0 aliphatic carbocycles. The number of aromatic nitrogens is 1. The van der Waals surface area contributed by atoms with Crippen LogP contribution in [0.2, 0.25) is 5.02 Å². The van der Waals surface area contributed by atoms with Gasteiger partial charge in [0.1, 0.15) is 18.2 Å². The fraction of sp³-hybridized carbons (Fsp3) is 0.483. The number of anilines is 1. The molecule has 0 bridgehead atoms. The molecule has 0 saturated carbocycles. The van der Waals surface area contributed by atoms with Gasteiger partial charge < -0.3 is 19.9 Å². The predicted octanol–water partition coefficient (Wildman–Crippen LogP) is 3.77. The maximum atomic E-state index is 12.8. The average molecular weight is 538 g/mol. The van der Waals surface area contributed by atoms with Crippen molar-refractivity contribution in [1.29, 1.82) is 0 Å². The number of aryl methyl sites for hydroxylation is 1. The number of piperidine rings is 1. The number of likely N-dealkylation sites (tertiary alicyclic amines) is 2. The van der Waals surface area contributed by atoms with Gasteiger partial charge in [0.2, 0.25) is 5.91 Å². The highest BCUT2D eigenvalue weighted by Crippen LogP contribution is 2.28. The molecule has 2 amide bonds. The number of halogens is 1. The minimum atomic E-state index is -0.151. The van der Waals surface area contributed by atoms with Crippen LogP contribution in [0.1, 0.15) is 52.9 Å². The maximum Gasteiger partial charge on any atom is 0.253 e. The molecule has 1 aromatic heterocycles. The molecule has 1 atom stereocenters. The molecule has 8 nitrogen and oxygen atoms in total. The Morgan fingerprint density at radius 1 is 1.24 bits per heavy atom. The third kappa shape index (κ3) is 6.84. The molecule has 2 saturated heterocycles. The third-order valence-electron chi connectivity index (χ3n) is 7.24. The van der Waals surface area contributed by atoms with Crippen LogP contribution in [0.25, 0.3) is 0 Å². The van der Waals surface area contributed by atoms with Crippen molar-refractivity contribution in [2.24, 2.45) is 0 Å². The molecule has 0 radical (unpaired) electrons. The van der Waals surface area contributed by atoms with Gasteiger partial charge in [-0.1, -0.05) is 29.7 Å². The monoisotopic (exact) mass is 537 g/mol. The van der Waals surface area contributed by atoms with Crippen LogP contribution in [0.15, 0.2) is 30.3 Å². The third-order valence-corrected chi connectivity index (χ3v) is 7.67. The van der Waals surface area contributed by atoms with Gasteiger partial charge in [0.25, 0.3) is 5.91 Å². The quantitative estimate of drug-likeness (QED) is 0.298. The second-order valence-corrected chi connectivity index (χ2v) is 10.7. The molecule has 1 unspecified atom stereocenters. The molecule has 1 N–H and O–H groups in total. The van der Waals surface area contributed by atoms with Crippen LogP contribution >= 0.6 is 11.6 Å². The summed E-state index contributed by atoms with van der Waals surface area (Å²) in [4.78, 5) is 35.5. The number of rotatable bonds is 9. The average Bonchev–Trinajstić information content (AvgIpc) is 3.28. The van der Waals surface area contributed by atoms with Crippen molar-refractivity contribution < 1.29 is 14.3 Å². The fourth-order valence-corrected chi connectivity index (χ4v) is 5.36. The molecule has 2 aliphatic rings. The molecule has 2 aromatic rings. The molecule has 2 aliphatic heterocycles. The number of ether oxygens (including phenoxy) is 1. The zero-order valence-corrected chi connectivity index (χ0v) is 23.1. The van der Waals surface area contributed by atoms with E-state index >= 15 is 0 Å². The summed E-state index contributed by atoms with van der Waals surface area (Å²) in [6.45, 7) is 5.49. The smallest absolute Gasteiger partial charge is 0.253 e. The molecule has 3 heterocycles. The molecule has 202 valence electrons. The van der Waals surface area contributed by atoms with Gasteiger partial charge in [0, 0.05) is 56.8 Å². The summed E-state index contributed by atoms with van der Waals surface area (Å²) in [6, 6.07) is 9.77. The number of carbonyl (C=O) groups is 2. The van der Waals surface area contributed by atoms with Gasteiger partial charge in [0.05, 0.1) is 12.6 Å². The maximum absolute atomic E-state index is 12.8. The number of benzene rings is 1. The number of pyridine rings is 1. The molecular formula is C29H36ClN5O3. The Labute approximate surface area is 230 Å². The van der Waals surface area contributed by atoms with Crippen LogP contribution in [0, 0.1) is 19.3 Å². The van der Waals surface area contributed by atoms with Crippen molar-refractivity contribution in [1.82, 2.24) is 19.7 Å². The van der Waals surface area contributed by atoms with Crippen molar-refractivity contribution in [3.63, 3.8) is 0 Å². The summed E-state index contributed by atoms with van der Waals surface area (Å²) in [5, 5.41) is 3.90. The Bertz CT molecular complexity index is 1200. The summed E-state index contributed by atoms with van der Waals surface area (Å²) in [7, 11) is 3.38. The highest BCUT2D eigenvalue weighted by atomic mass is 35.5. The second kappa shape index (κ2) is 12.6. The van der Waals surface area contributed by atoms with E-state index < -0.39 is 0 Å². The number of terminal acetylenes is 1. The summed E-state index contributed by atoms with van der Waals surface area (Å²) in [5.41, 5.74) is 3.21. The largest absolute Gasteiger partial charge is 0.359 e. The van der Waals surface area contributed by atoms with Gasteiger partial charge >= 0.3 is 0 Å². The highest BCUT2D eigenvalue weighted by molar-refractivity contribution is 6.31. The van der Waals surface area contributed by atoms with Crippen LogP contribution in [-0.4, -0.2) is 84.1 Å². The van der Waals surface area contributed by atoms with E-state index in [2.05, 4.69) is 38.2 Å². The molecule has 0 spiro atoms. The van der Waals surface area contributed by atoms with E-state index in [0.29, 0.717) is 30.1 Å². The van der Waals surface area contributed by atoms with E-state index in [1.54, 1.807) is 26.2 Å². The molecule has 4 rings (SSSR count). The standard InChI is InChI=1S/C29H36ClN5O3/c1-5-23-15-22(29(37)33(3)4)16-27(32-23)31-19-38-18-25-7-9-28(36)35(25)24-10-12-34(13-11-24)17-21-6-8-26(30)20(2)14-21/h1,6,8,14-16,24-25H,7,9-13,17-19H2,2-4H3,(H,31,32). The van der Waals surface area contributed by atoms with Crippen molar-refractivity contribution in [3.05, 3.63) is 57.7 Å². The topological polar surface area (TPSA) is 78.0 Å². The number of amides is 2. The van der Waals surface area contributed by atoms with Crippen LogP contribution in [0.4, 0.5) is 5.82 Å². The lowest BCUT2D eigenvalue weighted by Crippen LogP contribution is -2.49. The molecule has 2 fully saturated rings. The first-order valence-electron chi connectivity index (χ1n) is 13.1. The van der Waals surface area contributed by atoms with E-state index in [-0.39, 0.29) is 30.6 Å². The van der Waals surface area contributed by atoms with Crippen molar-refractivity contribution >= 4 is 29.2 Å². The summed E-state index contributed by atoms with van der Waals surface area (Å²) in [5.74, 6) is 3.03. The Morgan fingerprint density at radius 3 is 2.68 bits per heavy atom. The van der Waals surface area contributed by atoms with Crippen LogP contribution < -0.4 is 5.32 Å². The number of hydrogen-bond acceptors (Lipinski definition) is 6.